The fourth-order valence-corrected chi connectivity index (χ4v) is 7.20. The summed E-state index contributed by atoms with van der Waals surface area (Å²) in [7, 11) is 0. The molecule has 0 aliphatic carbocycles. The lowest BCUT2D eigenvalue weighted by Gasteiger charge is -2.22. The van der Waals surface area contributed by atoms with Gasteiger partial charge in [0.25, 0.3) is 0 Å². The third-order valence-corrected chi connectivity index (χ3v) is 10.2. The number of tetrazole rings is 1. The first-order chi connectivity index (χ1) is 28.1. The summed E-state index contributed by atoms with van der Waals surface area (Å²) in [5.74, 6) is 0.787. The number of ether oxygens (including phenoxy) is 1. The van der Waals surface area contributed by atoms with E-state index in [1.807, 2.05) is 29.2 Å². The van der Waals surface area contributed by atoms with E-state index in [2.05, 4.69) is 36.3 Å². The highest BCUT2D eigenvalue weighted by Gasteiger charge is 2.47. The van der Waals surface area contributed by atoms with Crippen molar-refractivity contribution in [1.82, 2.24) is 50.4 Å². The SMILES string of the molecule is O=C(NCc1cccc(O)c1)NC1CCN(c2nc(NCC(c3ccc(O)cc3)c3ccc(O)cc3)c3ncn([C@@H]4O[C@H](c5nnn(CCO)n5)C(O)[C@H]4O)c3n2)C1. The topological polar surface area (TPSA) is 274 Å². The number of aliphatic hydroxyl groups excluding tert-OH is 3. The number of nitrogens with zero attached hydrogens (tertiary/aromatic N) is 9. The number of urea groups is 1. The van der Waals surface area contributed by atoms with E-state index in [4.69, 9.17) is 14.7 Å². The number of nitrogens with one attached hydrogen (secondary N) is 3. The monoisotopic (exact) mass is 794 g/mol. The maximum absolute atomic E-state index is 12.9. The van der Waals surface area contributed by atoms with Crippen LogP contribution in [0.3, 0.4) is 0 Å². The largest absolute Gasteiger partial charge is 0.508 e. The second kappa shape index (κ2) is 16.5. The Labute approximate surface area is 330 Å². The lowest BCUT2D eigenvalue weighted by Crippen LogP contribution is -2.43. The van der Waals surface area contributed by atoms with Crippen molar-refractivity contribution < 1.29 is 40.2 Å². The number of anilines is 2. The molecule has 20 heteroatoms. The number of aromatic nitrogens is 8. The lowest BCUT2D eigenvalue weighted by molar-refractivity contribution is -0.0384. The third-order valence-electron chi connectivity index (χ3n) is 10.2. The van der Waals surface area contributed by atoms with Crippen LogP contribution in [0.2, 0.25) is 0 Å². The predicted octanol–water partition coefficient (Wildman–Crippen LogP) is 1.24. The van der Waals surface area contributed by atoms with Crippen LogP contribution < -0.4 is 20.9 Å². The number of imidazole rings is 1. The molecule has 6 aromatic rings. The third kappa shape index (κ3) is 8.11. The Morgan fingerprint density at radius 2 is 1.67 bits per heavy atom. The van der Waals surface area contributed by atoms with Gasteiger partial charge in [-0.2, -0.15) is 14.8 Å². The normalized spacial score (nSPS) is 20.6. The van der Waals surface area contributed by atoms with Crippen molar-refractivity contribution in [1.29, 1.82) is 0 Å². The number of hydrogen-bond acceptors (Lipinski definition) is 16. The van der Waals surface area contributed by atoms with Gasteiger partial charge in [-0.15, -0.1) is 10.2 Å². The average Bonchev–Trinajstić information content (AvgIpc) is 4.03. The number of aromatic hydroxyl groups is 3. The number of phenolic OH excluding ortho intramolecular Hbond substituents is 3. The Kier molecular flexibility index (Phi) is 10.9. The molecule has 20 nitrogen and oxygen atoms in total. The number of benzene rings is 3. The predicted molar refractivity (Wildman–Crippen MR) is 206 cm³/mol. The molecule has 2 saturated heterocycles. The molecule has 5 heterocycles. The second-order valence-electron chi connectivity index (χ2n) is 14.1. The summed E-state index contributed by atoms with van der Waals surface area (Å²) < 4.78 is 7.66. The molecule has 2 aliphatic heterocycles. The van der Waals surface area contributed by atoms with Gasteiger partial charge in [-0.05, 0) is 64.7 Å². The highest BCUT2D eigenvalue weighted by molar-refractivity contribution is 5.84. The van der Waals surface area contributed by atoms with Gasteiger partial charge in [0.1, 0.15) is 29.5 Å². The van der Waals surface area contributed by atoms with Crippen molar-refractivity contribution in [3.05, 3.63) is 102 Å². The van der Waals surface area contributed by atoms with Gasteiger partial charge in [-0.3, -0.25) is 4.57 Å². The van der Waals surface area contributed by atoms with Crippen LogP contribution in [0, 0.1) is 0 Å². The summed E-state index contributed by atoms with van der Waals surface area (Å²) in [6.45, 7) is 1.27. The first-order valence-electron chi connectivity index (χ1n) is 18.7. The maximum Gasteiger partial charge on any atom is 0.315 e. The Bertz CT molecular complexity index is 2310. The molecule has 9 N–H and O–H groups in total. The molecule has 0 radical (unpaired) electrons. The van der Waals surface area contributed by atoms with E-state index in [0.717, 1.165) is 21.5 Å². The minimum Gasteiger partial charge on any atom is -0.508 e. The molecule has 58 heavy (non-hydrogen) atoms. The quantitative estimate of drug-likeness (QED) is 0.0796. The molecule has 0 spiro atoms. The van der Waals surface area contributed by atoms with Crippen molar-refractivity contribution in [2.75, 3.05) is 36.5 Å². The van der Waals surface area contributed by atoms with Crippen LogP contribution in [0.25, 0.3) is 11.2 Å². The Morgan fingerprint density at radius 3 is 2.38 bits per heavy atom. The summed E-state index contributed by atoms with van der Waals surface area (Å²) in [6, 6.07) is 19.7. The molecule has 2 aliphatic rings. The fraction of sp³-hybridized carbons (Fsp3) is 0.342. The van der Waals surface area contributed by atoms with Crippen molar-refractivity contribution in [2.45, 2.75) is 56.0 Å². The molecule has 302 valence electrons. The zero-order chi connectivity index (χ0) is 40.3. The highest BCUT2D eigenvalue weighted by Crippen LogP contribution is 2.39. The van der Waals surface area contributed by atoms with E-state index in [9.17, 15) is 35.4 Å². The molecular weight excluding hydrogens is 752 g/mol. The van der Waals surface area contributed by atoms with Gasteiger partial charge in [-0.1, -0.05) is 36.4 Å². The minimum absolute atomic E-state index is 0.0284. The van der Waals surface area contributed by atoms with Gasteiger partial charge in [0.05, 0.1) is 19.5 Å². The van der Waals surface area contributed by atoms with Crippen LogP contribution in [0.1, 0.15) is 47.2 Å². The van der Waals surface area contributed by atoms with E-state index in [1.165, 1.54) is 10.9 Å². The van der Waals surface area contributed by atoms with Crippen molar-refractivity contribution >= 4 is 29.0 Å². The van der Waals surface area contributed by atoms with E-state index in [-0.39, 0.29) is 66.4 Å². The van der Waals surface area contributed by atoms with Crippen molar-refractivity contribution in [3.63, 3.8) is 0 Å². The van der Waals surface area contributed by atoms with Crippen LogP contribution in [-0.4, -0.2) is 121 Å². The van der Waals surface area contributed by atoms with Crippen LogP contribution in [0.5, 0.6) is 17.2 Å². The number of amides is 2. The molecule has 5 atom stereocenters. The summed E-state index contributed by atoms with van der Waals surface area (Å²) in [4.78, 5) is 30.4. The van der Waals surface area contributed by atoms with Gasteiger partial charge in [0.2, 0.25) is 11.8 Å². The average molecular weight is 795 g/mol. The van der Waals surface area contributed by atoms with Crippen molar-refractivity contribution in [2.24, 2.45) is 0 Å². The van der Waals surface area contributed by atoms with Gasteiger partial charge >= 0.3 is 6.03 Å². The molecule has 0 saturated carbocycles. The number of phenols is 3. The number of carbonyl (C=O) groups excluding carboxylic acids is 1. The van der Waals surface area contributed by atoms with Crippen LogP contribution in [0.4, 0.5) is 16.6 Å². The van der Waals surface area contributed by atoms with Gasteiger partial charge < -0.3 is 56.2 Å². The molecule has 3 aromatic carbocycles. The van der Waals surface area contributed by atoms with E-state index in [0.29, 0.717) is 43.3 Å². The maximum atomic E-state index is 12.9. The zero-order valence-corrected chi connectivity index (χ0v) is 30.9. The molecule has 2 amide bonds. The minimum atomic E-state index is -1.45. The summed E-state index contributed by atoms with van der Waals surface area (Å²) in [6.07, 6.45) is -3.17. The first kappa shape index (κ1) is 38.3. The Hall–Kier alpha value is -6.61. The second-order valence-corrected chi connectivity index (χ2v) is 14.1. The van der Waals surface area contributed by atoms with Crippen LogP contribution in [0.15, 0.2) is 79.1 Å². The number of fused-ring (bicyclic) bond motifs is 1. The van der Waals surface area contributed by atoms with E-state index < -0.39 is 24.5 Å². The Balaban J connectivity index is 1.08. The number of rotatable bonds is 13. The number of hydrogen-bond donors (Lipinski definition) is 9. The summed E-state index contributed by atoms with van der Waals surface area (Å²) in [5, 5.41) is 82.7. The number of carbonyl (C=O) groups is 1. The van der Waals surface area contributed by atoms with E-state index in [1.54, 1.807) is 48.5 Å². The van der Waals surface area contributed by atoms with Gasteiger partial charge in [0, 0.05) is 38.1 Å². The van der Waals surface area contributed by atoms with Gasteiger partial charge in [0.15, 0.2) is 29.3 Å². The molecule has 2 unspecified atom stereocenters. The molecular formula is C38H42N12O8. The highest BCUT2D eigenvalue weighted by atomic mass is 16.6. The van der Waals surface area contributed by atoms with Crippen LogP contribution in [-0.2, 0) is 17.8 Å². The molecule has 3 aromatic heterocycles. The first-order valence-corrected chi connectivity index (χ1v) is 18.7. The van der Waals surface area contributed by atoms with Gasteiger partial charge in [-0.25, -0.2) is 9.78 Å². The lowest BCUT2D eigenvalue weighted by atomic mass is 9.91. The number of aliphatic hydroxyl groups is 3. The van der Waals surface area contributed by atoms with Crippen LogP contribution >= 0.6 is 0 Å². The Morgan fingerprint density at radius 1 is 0.931 bits per heavy atom. The molecule has 2 fully saturated rings. The smallest absolute Gasteiger partial charge is 0.315 e. The van der Waals surface area contributed by atoms with E-state index >= 15 is 0 Å². The molecule has 8 rings (SSSR count). The molecule has 0 bridgehead atoms. The van der Waals surface area contributed by atoms with Crippen molar-refractivity contribution in [3.8, 4) is 17.2 Å². The summed E-state index contributed by atoms with van der Waals surface area (Å²) in [5.41, 5.74) is 3.15. The summed E-state index contributed by atoms with van der Waals surface area (Å²) >= 11 is 0. The fourth-order valence-electron chi connectivity index (χ4n) is 7.20. The standard InChI is InChI=1S/C38H42N12O8/c51-15-14-50-46-34(45-47-50)32-30(55)31(56)36(58-32)49-20-41-29-33(39-18-28(22-4-8-25(52)9-5-22)23-6-10-26(53)11-7-23)43-37(44-35(29)49)48-13-12-24(19-48)42-38(57)40-17-21-2-1-3-27(54)16-21/h1-11,16,20,24,28,30-32,36,51-56H,12-15,17-19H2,(H,39,43,44)(H2,40,42,57)/t24?,30?,31-,32+,36-/m1/s1. The zero-order valence-electron chi connectivity index (χ0n) is 30.9.